The maximum atomic E-state index is 12.3. The Bertz CT molecular complexity index is 1090. The van der Waals surface area contributed by atoms with Crippen molar-refractivity contribution in [1.29, 1.82) is 0 Å². The number of hydrogen-bond donors (Lipinski definition) is 3. The molecule has 9 nitrogen and oxygen atoms in total. The molecule has 166 valence electrons. The maximum absolute atomic E-state index is 12.3. The summed E-state index contributed by atoms with van der Waals surface area (Å²) in [4.78, 5) is 40.1. The number of nitrogens with zero attached hydrogens (tertiary/aromatic N) is 1. The normalized spacial score (nSPS) is 10.8. The molecule has 2 aromatic carbocycles. The third-order valence-electron chi connectivity index (χ3n) is 4.10. The van der Waals surface area contributed by atoms with Crippen LogP contribution in [0.3, 0.4) is 0 Å². The summed E-state index contributed by atoms with van der Waals surface area (Å²) in [6, 6.07) is 13.5. The lowest BCUT2D eigenvalue weighted by Gasteiger charge is -2.20. The van der Waals surface area contributed by atoms with Crippen molar-refractivity contribution in [2.75, 3.05) is 10.6 Å². The van der Waals surface area contributed by atoms with Crippen LogP contribution >= 0.6 is 0 Å². The lowest BCUT2D eigenvalue weighted by atomic mass is 10.1. The number of amides is 3. The summed E-state index contributed by atoms with van der Waals surface area (Å²) in [5.74, 6) is -1.04. The van der Waals surface area contributed by atoms with Gasteiger partial charge in [-0.3, -0.25) is 9.59 Å². The third-order valence-corrected chi connectivity index (χ3v) is 4.10. The van der Waals surface area contributed by atoms with Crippen LogP contribution in [0, 0.1) is 0 Å². The zero-order valence-corrected chi connectivity index (χ0v) is 18.0. The average molecular weight is 436 g/mol. The van der Waals surface area contributed by atoms with E-state index in [9.17, 15) is 14.4 Å². The molecule has 0 saturated carbocycles. The van der Waals surface area contributed by atoms with Gasteiger partial charge in [0.2, 0.25) is 0 Å². The van der Waals surface area contributed by atoms with Gasteiger partial charge in [-0.2, -0.15) is 0 Å². The fraction of sp³-hybridized carbons (Fsp3) is 0.217. The van der Waals surface area contributed by atoms with Gasteiger partial charge in [0, 0.05) is 22.5 Å². The molecule has 3 rings (SSSR count). The van der Waals surface area contributed by atoms with Crippen molar-refractivity contribution >= 4 is 29.3 Å². The van der Waals surface area contributed by atoms with Gasteiger partial charge in [0.05, 0.1) is 6.20 Å². The SMILES string of the molecule is CC(C)(C)NC(=O)OCc1cccc(NC(=O)C(=O)Nc2ccc(-c3cnco3)cc2)c1. The first-order valence-electron chi connectivity index (χ1n) is 9.85. The third kappa shape index (κ3) is 6.69. The highest BCUT2D eigenvalue weighted by molar-refractivity contribution is 6.43. The Balaban J connectivity index is 1.53. The van der Waals surface area contributed by atoms with Gasteiger partial charge in [0.1, 0.15) is 6.61 Å². The topological polar surface area (TPSA) is 123 Å². The van der Waals surface area contributed by atoms with Crippen LogP contribution in [0.25, 0.3) is 11.3 Å². The van der Waals surface area contributed by atoms with Gasteiger partial charge >= 0.3 is 17.9 Å². The van der Waals surface area contributed by atoms with E-state index >= 15 is 0 Å². The van der Waals surface area contributed by atoms with Gasteiger partial charge < -0.3 is 25.1 Å². The molecule has 0 unspecified atom stereocenters. The first-order chi connectivity index (χ1) is 15.2. The molecular formula is C23H24N4O5. The summed E-state index contributed by atoms with van der Waals surface area (Å²) >= 11 is 0. The van der Waals surface area contributed by atoms with Gasteiger partial charge in [0.25, 0.3) is 0 Å². The number of aromatic nitrogens is 1. The molecule has 3 aromatic rings. The van der Waals surface area contributed by atoms with Crippen molar-refractivity contribution in [1.82, 2.24) is 10.3 Å². The van der Waals surface area contributed by atoms with E-state index in [0.717, 1.165) is 5.56 Å². The predicted octanol–water partition coefficient (Wildman–Crippen LogP) is 3.94. The monoisotopic (exact) mass is 436 g/mol. The van der Waals surface area contributed by atoms with E-state index in [1.165, 1.54) is 6.39 Å². The maximum Gasteiger partial charge on any atom is 0.407 e. The smallest absolute Gasteiger partial charge is 0.407 e. The zero-order valence-electron chi connectivity index (χ0n) is 18.0. The van der Waals surface area contributed by atoms with Gasteiger partial charge in [-0.25, -0.2) is 9.78 Å². The number of ether oxygens (including phenoxy) is 1. The highest BCUT2D eigenvalue weighted by Gasteiger charge is 2.16. The quantitative estimate of drug-likeness (QED) is 0.521. The molecule has 1 aromatic heterocycles. The van der Waals surface area contributed by atoms with Gasteiger partial charge in [-0.1, -0.05) is 12.1 Å². The van der Waals surface area contributed by atoms with Crippen molar-refractivity contribution in [3.05, 3.63) is 66.7 Å². The van der Waals surface area contributed by atoms with Crippen molar-refractivity contribution in [3.8, 4) is 11.3 Å². The number of oxazole rings is 1. The van der Waals surface area contributed by atoms with Crippen molar-refractivity contribution in [2.45, 2.75) is 32.9 Å². The molecule has 9 heteroatoms. The van der Waals surface area contributed by atoms with E-state index in [-0.39, 0.29) is 6.61 Å². The number of anilines is 2. The molecular weight excluding hydrogens is 412 g/mol. The second kappa shape index (κ2) is 9.78. The summed E-state index contributed by atoms with van der Waals surface area (Å²) in [6.07, 6.45) is 2.37. The van der Waals surface area contributed by atoms with E-state index in [2.05, 4.69) is 20.9 Å². The van der Waals surface area contributed by atoms with Crippen LogP contribution in [0.4, 0.5) is 16.2 Å². The highest BCUT2D eigenvalue weighted by Crippen LogP contribution is 2.20. The Morgan fingerprint density at radius 2 is 1.66 bits per heavy atom. The molecule has 0 bridgehead atoms. The van der Waals surface area contributed by atoms with Crippen LogP contribution in [0.5, 0.6) is 0 Å². The number of alkyl carbamates (subject to hydrolysis) is 1. The first-order valence-corrected chi connectivity index (χ1v) is 9.85. The van der Waals surface area contributed by atoms with E-state index in [1.54, 1.807) is 54.7 Å². The van der Waals surface area contributed by atoms with Crippen LogP contribution in [0.15, 0.2) is 65.5 Å². The van der Waals surface area contributed by atoms with Crippen LogP contribution in [-0.2, 0) is 20.9 Å². The average Bonchev–Trinajstić information content (AvgIpc) is 3.27. The summed E-state index contributed by atoms with van der Waals surface area (Å²) in [7, 11) is 0. The van der Waals surface area contributed by atoms with Crippen molar-refractivity contribution in [3.63, 3.8) is 0 Å². The second-order valence-corrected chi connectivity index (χ2v) is 8.00. The van der Waals surface area contributed by atoms with E-state index in [0.29, 0.717) is 22.7 Å². The Kier molecular flexibility index (Phi) is 6.89. The molecule has 32 heavy (non-hydrogen) atoms. The molecule has 1 heterocycles. The van der Waals surface area contributed by atoms with Crippen LogP contribution < -0.4 is 16.0 Å². The standard InChI is InChI=1S/C23H24N4O5/c1-23(2,3)27-22(30)31-13-15-5-4-6-18(11-15)26-21(29)20(28)25-17-9-7-16(8-10-17)19-12-24-14-32-19/h4-12,14H,13H2,1-3H3,(H,25,28)(H,26,29)(H,27,30). The Morgan fingerprint density at radius 3 is 2.28 bits per heavy atom. The van der Waals surface area contributed by atoms with E-state index in [1.807, 2.05) is 20.8 Å². The summed E-state index contributed by atoms with van der Waals surface area (Å²) < 4.78 is 10.4. The largest absolute Gasteiger partial charge is 0.445 e. The van der Waals surface area contributed by atoms with Gasteiger partial charge in [0.15, 0.2) is 12.2 Å². The Hall–Kier alpha value is -4.14. The van der Waals surface area contributed by atoms with Crippen LogP contribution in [-0.4, -0.2) is 28.4 Å². The Morgan fingerprint density at radius 1 is 0.969 bits per heavy atom. The van der Waals surface area contributed by atoms with Crippen molar-refractivity contribution in [2.24, 2.45) is 0 Å². The first kappa shape index (κ1) is 22.5. The summed E-state index contributed by atoms with van der Waals surface area (Å²) in [5, 5.41) is 7.76. The lowest BCUT2D eigenvalue weighted by molar-refractivity contribution is -0.132. The predicted molar refractivity (Wildman–Crippen MR) is 119 cm³/mol. The van der Waals surface area contributed by atoms with Crippen LogP contribution in [0.1, 0.15) is 26.3 Å². The summed E-state index contributed by atoms with van der Waals surface area (Å²) in [5.41, 5.74) is 1.91. The lowest BCUT2D eigenvalue weighted by Crippen LogP contribution is -2.40. The fourth-order valence-electron chi connectivity index (χ4n) is 2.68. The minimum Gasteiger partial charge on any atom is -0.445 e. The minimum absolute atomic E-state index is 0.0232. The molecule has 0 saturated heterocycles. The number of carbonyl (C=O) groups is 3. The number of hydrogen-bond acceptors (Lipinski definition) is 6. The fourth-order valence-corrected chi connectivity index (χ4v) is 2.68. The molecule has 0 aliphatic carbocycles. The van der Waals surface area contributed by atoms with Crippen LogP contribution in [0.2, 0.25) is 0 Å². The van der Waals surface area contributed by atoms with Gasteiger partial charge in [-0.15, -0.1) is 0 Å². The molecule has 0 aliphatic heterocycles. The zero-order chi connectivity index (χ0) is 23.1. The number of carbonyl (C=O) groups excluding carboxylic acids is 3. The highest BCUT2D eigenvalue weighted by atomic mass is 16.5. The minimum atomic E-state index is -0.826. The second-order valence-electron chi connectivity index (χ2n) is 8.00. The van der Waals surface area contributed by atoms with E-state index in [4.69, 9.17) is 9.15 Å². The number of rotatable bonds is 5. The number of nitrogens with one attached hydrogen (secondary N) is 3. The molecule has 0 atom stereocenters. The number of benzene rings is 2. The van der Waals surface area contributed by atoms with Crippen molar-refractivity contribution < 1.29 is 23.5 Å². The van der Waals surface area contributed by atoms with Gasteiger partial charge in [-0.05, 0) is 62.7 Å². The molecule has 0 spiro atoms. The summed E-state index contributed by atoms with van der Waals surface area (Å²) in [6.45, 7) is 5.57. The Labute approximate surface area is 185 Å². The molecule has 0 aliphatic rings. The molecule has 0 fully saturated rings. The molecule has 3 N–H and O–H groups in total. The van der Waals surface area contributed by atoms with E-state index < -0.39 is 23.4 Å². The molecule has 3 amide bonds. The molecule has 0 radical (unpaired) electrons.